The Kier molecular flexibility index (Phi) is 4.11. The summed E-state index contributed by atoms with van der Waals surface area (Å²) < 4.78 is 0. The largest absolute Gasteiger partial charge is 0.478 e. The van der Waals surface area contributed by atoms with Gasteiger partial charge in [-0.25, -0.2) is 9.78 Å². The van der Waals surface area contributed by atoms with Crippen LogP contribution in [0.2, 0.25) is 0 Å². The van der Waals surface area contributed by atoms with Crippen molar-refractivity contribution in [2.24, 2.45) is 0 Å². The summed E-state index contributed by atoms with van der Waals surface area (Å²) in [4.78, 5) is 16.2. The van der Waals surface area contributed by atoms with Gasteiger partial charge in [0.25, 0.3) is 0 Å². The van der Waals surface area contributed by atoms with Crippen LogP contribution < -0.4 is 0 Å². The van der Waals surface area contributed by atoms with Gasteiger partial charge in [-0.05, 0) is 30.0 Å². The van der Waals surface area contributed by atoms with Crippen LogP contribution in [-0.4, -0.2) is 16.1 Å². The fraction of sp³-hybridized carbons (Fsp3) is 0.200. The molecule has 0 radical (unpaired) electrons. The monoisotopic (exact) mass is 305 g/mol. The van der Waals surface area contributed by atoms with E-state index in [1.807, 2.05) is 30.3 Å². The van der Waals surface area contributed by atoms with Gasteiger partial charge in [0.1, 0.15) is 0 Å². The Bertz CT molecular complexity index is 853. The Morgan fingerprint density at radius 1 is 1.13 bits per heavy atom. The number of carboxylic acids is 1. The molecule has 0 amide bonds. The number of rotatable bonds is 4. The average molecular weight is 305 g/mol. The first-order valence-electron chi connectivity index (χ1n) is 7.83. The summed E-state index contributed by atoms with van der Waals surface area (Å²) in [6.45, 7) is 4.37. The van der Waals surface area contributed by atoms with E-state index in [4.69, 9.17) is 0 Å². The highest BCUT2D eigenvalue weighted by Crippen LogP contribution is 2.27. The van der Waals surface area contributed by atoms with Crippen LogP contribution in [0.3, 0.4) is 0 Å². The summed E-state index contributed by atoms with van der Waals surface area (Å²) in [7, 11) is 0. The molecule has 1 N–H and O–H groups in total. The van der Waals surface area contributed by atoms with Crippen molar-refractivity contribution >= 4 is 16.9 Å². The van der Waals surface area contributed by atoms with Crippen LogP contribution in [0.4, 0.5) is 0 Å². The smallest absolute Gasteiger partial charge is 0.336 e. The van der Waals surface area contributed by atoms with Crippen molar-refractivity contribution < 1.29 is 9.90 Å². The van der Waals surface area contributed by atoms with E-state index in [2.05, 4.69) is 31.0 Å². The van der Waals surface area contributed by atoms with E-state index >= 15 is 0 Å². The molecule has 1 heterocycles. The highest BCUT2D eigenvalue weighted by molar-refractivity contribution is 6.03. The number of para-hydroxylation sites is 1. The van der Waals surface area contributed by atoms with Gasteiger partial charge < -0.3 is 5.11 Å². The molecular weight excluding hydrogens is 286 g/mol. The van der Waals surface area contributed by atoms with Gasteiger partial charge >= 0.3 is 5.97 Å². The van der Waals surface area contributed by atoms with Gasteiger partial charge in [0.05, 0.1) is 16.8 Å². The summed E-state index contributed by atoms with van der Waals surface area (Å²) in [6, 6.07) is 17.2. The standard InChI is InChI=1S/C20H19NO2/c1-3-13(2)14-8-10-15(11-9-14)19-12-17(20(22)23)16-6-4-5-7-18(16)21-19/h4-13H,3H2,1-2H3,(H,22,23)/t13-/m1/s1. The van der Waals surface area contributed by atoms with E-state index in [0.717, 1.165) is 12.0 Å². The molecular formula is C20H19NO2. The van der Waals surface area contributed by atoms with Crippen molar-refractivity contribution in [1.82, 2.24) is 4.98 Å². The Morgan fingerprint density at radius 2 is 1.83 bits per heavy atom. The van der Waals surface area contributed by atoms with E-state index in [-0.39, 0.29) is 5.56 Å². The third-order valence-corrected chi connectivity index (χ3v) is 4.33. The minimum atomic E-state index is -0.930. The molecule has 3 nitrogen and oxygen atoms in total. The van der Waals surface area contributed by atoms with Crippen LogP contribution in [0.15, 0.2) is 54.6 Å². The number of aromatic carboxylic acids is 1. The van der Waals surface area contributed by atoms with Gasteiger partial charge in [-0.3, -0.25) is 0 Å². The molecule has 0 aliphatic heterocycles. The predicted octanol–water partition coefficient (Wildman–Crippen LogP) is 5.11. The van der Waals surface area contributed by atoms with Crippen LogP contribution >= 0.6 is 0 Å². The van der Waals surface area contributed by atoms with Gasteiger partial charge in [-0.2, -0.15) is 0 Å². The Morgan fingerprint density at radius 3 is 2.48 bits per heavy atom. The molecule has 23 heavy (non-hydrogen) atoms. The number of hydrogen-bond donors (Lipinski definition) is 1. The van der Waals surface area contributed by atoms with E-state index in [1.165, 1.54) is 5.56 Å². The van der Waals surface area contributed by atoms with Crippen molar-refractivity contribution in [3.8, 4) is 11.3 Å². The third-order valence-electron chi connectivity index (χ3n) is 4.33. The Balaban J connectivity index is 2.11. The predicted molar refractivity (Wildman–Crippen MR) is 92.8 cm³/mol. The second-order valence-electron chi connectivity index (χ2n) is 5.81. The van der Waals surface area contributed by atoms with Crippen LogP contribution in [-0.2, 0) is 0 Å². The SMILES string of the molecule is CC[C@@H](C)c1ccc(-c2cc(C(=O)O)c3ccccc3n2)cc1. The number of carboxylic acid groups (broad SMARTS) is 1. The van der Waals surface area contributed by atoms with Crippen LogP contribution in [0.5, 0.6) is 0 Å². The molecule has 3 heteroatoms. The second-order valence-corrected chi connectivity index (χ2v) is 5.81. The number of carbonyl (C=O) groups is 1. The molecule has 0 unspecified atom stereocenters. The Labute approximate surface area is 135 Å². The lowest BCUT2D eigenvalue weighted by molar-refractivity contribution is 0.0699. The minimum Gasteiger partial charge on any atom is -0.478 e. The van der Waals surface area contributed by atoms with Gasteiger partial charge in [0, 0.05) is 10.9 Å². The number of hydrogen-bond acceptors (Lipinski definition) is 2. The molecule has 2 aromatic carbocycles. The molecule has 0 saturated carbocycles. The number of pyridine rings is 1. The lowest BCUT2D eigenvalue weighted by atomic mass is 9.96. The number of benzene rings is 2. The molecule has 0 fully saturated rings. The molecule has 0 bridgehead atoms. The zero-order chi connectivity index (χ0) is 16.4. The van der Waals surface area contributed by atoms with Crippen molar-refractivity contribution in [3.05, 3.63) is 65.7 Å². The molecule has 0 spiro atoms. The normalized spacial score (nSPS) is 12.3. The fourth-order valence-corrected chi connectivity index (χ4v) is 2.72. The second kappa shape index (κ2) is 6.21. The van der Waals surface area contributed by atoms with Crippen LogP contribution in [0, 0.1) is 0 Å². The quantitative estimate of drug-likeness (QED) is 0.728. The molecule has 1 aromatic heterocycles. The third kappa shape index (κ3) is 2.95. The van der Waals surface area contributed by atoms with Crippen molar-refractivity contribution in [2.75, 3.05) is 0 Å². The first kappa shape index (κ1) is 15.2. The van der Waals surface area contributed by atoms with E-state index in [1.54, 1.807) is 12.1 Å². The zero-order valence-electron chi connectivity index (χ0n) is 13.3. The van der Waals surface area contributed by atoms with Crippen LogP contribution in [0.25, 0.3) is 22.2 Å². The summed E-state index contributed by atoms with van der Waals surface area (Å²) in [5, 5.41) is 10.1. The summed E-state index contributed by atoms with van der Waals surface area (Å²) in [5.74, 6) is -0.413. The number of nitrogens with zero attached hydrogens (tertiary/aromatic N) is 1. The number of aromatic nitrogens is 1. The maximum Gasteiger partial charge on any atom is 0.336 e. The average Bonchev–Trinajstić information content (AvgIpc) is 2.60. The van der Waals surface area contributed by atoms with E-state index < -0.39 is 5.97 Å². The molecule has 3 rings (SSSR count). The van der Waals surface area contributed by atoms with E-state index in [9.17, 15) is 9.90 Å². The van der Waals surface area contributed by atoms with Crippen molar-refractivity contribution in [1.29, 1.82) is 0 Å². The zero-order valence-corrected chi connectivity index (χ0v) is 13.3. The summed E-state index contributed by atoms with van der Waals surface area (Å²) >= 11 is 0. The number of fused-ring (bicyclic) bond motifs is 1. The maximum atomic E-state index is 11.6. The molecule has 116 valence electrons. The summed E-state index contributed by atoms with van der Waals surface area (Å²) in [6.07, 6.45) is 1.09. The first-order valence-corrected chi connectivity index (χ1v) is 7.83. The van der Waals surface area contributed by atoms with Gasteiger partial charge in [0.15, 0.2) is 0 Å². The van der Waals surface area contributed by atoms with Crippen molar-refractivity contribution in [3.63, 3.8) is 0 Å². The van der Waals surface area contributed by atoms with Gasteiger partial charge in [-0.15, -0.1) is 0 Å². The van der Waals surface area contributed by atoms with Crippen molar-refractivity contribution in [2.45, 2.75) is 26.2 Å². The summed E-state index contributed by atoms with van der Waals surface area (Å²) in [5.41, 5.74) is 3.91. The van der Waals surface area contributed by atoms with Crippen LogP contribution in [0.1, 0.15) is 42.1 Å². The van der Waals surface area contributed by atoms with Gasteiger partial charge in [0.2, 0.25) is 0 Å². The van der Waals surface area contributed by atoms with E-state index in [0.29, 0.717) is 22.5 Å². The highest BCUT2D eigenvalue weighted by Gasteiger charge is 2.13. The molecule has 3 aromatic rings. The molecule has 1 atom stereocenters. The lowest BCUT2D eigenvalue weighted by Gasteiger charge is -2.11. The molecule has 0 saturated heterocycles. The molecule has 0 aliphatic rings. The fourth-order valence-electron chi connectivity index (χ4n) is 2.72. The highest BCUT2D eigenvalue weighted by atomic mass is 16.4. The lowest BCUT2D eigenvalue weighted by Crippen LogP contribution is -2.00. The molecule has 0 aliphatic carbocycles. The first-order chi connectivity index (χ1) is 11.1. The topological polar surface area (TPSA) is 50.2 Å². The minimum absolute atomic E-state index is 0.289. The van der Waals surface area contributed by atoms with Gasteiger partial charge in [-0.1, -0.05) is 56.3 Å². The maximum absolute atomic E-state index is 11.6. The Hall–Kier alpha value is -2.68.